The highest BCUT2D eigenvalue weighted by Gasteiger charge is 2.28. The number of benzene rings is 1. The number of carboxylic acids is 1. The first kappa shape index (κ1) is 13.9. The fraction of sp³-hybridized carbons (Fsp3) is 0.429. The number of carboxylic acid groups (broad SMARTS) is 1. The van der Waals surface area contributed by atoms with Gasteiger partial charge in [0, 0.05) is 23.7 Å². The second kappa shape index (κ2) is 5.61. The molecule has 1 heterocycles. The number of nitrogens with zero attached hydrogens (tertiary/aromatic N) is 1. The molecule has 1 saturated heterocycles. The summed E-state index contributed by atoms with van der Waals surface area (Å²) in [7, 11) is 0. The van der Waals surface area contributed by atoms with Gasteiger partial charge in [-0.3, -0.25) is 9.59 Å². The van der Waals surface area contributed by atoms with Crippen molar-refractivity contribution in [1.82, 2.24) is 4.90 Å². The summed E-state index contributed by atoms with van der Waals surface area (Å²) in [5, 5.41) is 9.58. The number of aliphatic carboxylic acids is 1. The van der Waals surface area contributed by atoms with Crippen LogP contribution in [0, 0.1) is 12.8 Å². The molecular formula is C14H16ClNO3. The van der Waals surface area contributed by atoms with E-state index in [0.29, 0.717) is 23.6 Å². The Bertz CT molecular complexity index is 515. The zero-order valence-electron chi connectivity index (χ0n) is 10.7. The summed E-state index contributed by atoms with van der Waals surface area (Å²) in [6, 6.07) is 5.17. The number of hydrogen-bond donors (Lipinski definition) is 1. The maximum absolute atomic E-state index is 12.3. The molecule has 5 heteroatoms. The third-order valence-electron chi connectivity index (χ3n) is 3.48. The predicted molar refractivity (Wildman–Crippen MR) is 72.5 cm³/mol. The van der Waals surface area contributed by atoms with E-state index in [1.54, 1.807) is 23.1 Å². The smallest absolute Gasteiger partial charge is 0.308 e. The van der Waals surface area contributed by atoms with E-state index in [0.717, 1.165) is 12.0 Å². The number of rotatable bonds is 2. The predicted octanol–water partition coefficient (Wildman–Crippen LogP) is 2.59. The largest absolute Gasteiger partial charge is 0.481 e. The molecule has 4 nitrogen and oxygen atoms in total. The lowest BCUT2D eigenvalue weighted by Gasteiger charge is -2.30. The fourth-order valence-electron chi connectivity index (χ4n) is 2.27. The molecule has 1 atom stereocenters. The summed E-state index contributed by atoms with van der Waals surface area (Å²) in [5.41, 5.74) is 1.43. The van der Waals surface area contributed by atoms with Gasteiger partial charge < -0.3 is 10.0 Å². The molecule has 0 bridgehead atoms. The highest BCUT2D eigenvalue weighted by molar-refractivity contribution is 6.31. The first-order valence-corrected chi connectivity index (χ1v) is 6.65. The van der Waals surface area contributed by atoms with Gasteiger partial charge in [-0.05, 0) is 37.5 Å². The molecule has 0 aliphatic carbocycles. The molecule has 1 aromatic rings. The van der Waals surface area contributed by atoms with Crippen molar-refractivity contribution in [3.05, 3.63) is 34.3 Å². The Morgan fingerprint density at radius 2 is 2.16 bits per heavy atom. The van der Waals surface area contributed by atoms with Gasteiger partial charge >= 0.3 is 5.97 Å². The number of carbonyl (C=O) groups excluding carboxylic acids is 1. The van der Waals surface area contributed by atoms with Gasteiger partial charge in [-0.1, -0.05) is 17.7 Å². The topological polar surface area (TPSA) is 57.6 Å². The Hall–Kier alpha value is -1.55. The van der Waals surface area contributed by atoms with E-state index in [9.17, 15) is 9.59 Å². The molecule has 2 rings (SSSR count). The monoisotopic (exact) mass is 281 g/mol. The highest BCUT2D eigenvalue weighted by Crippen LogP contribution is 2.21. The quantitative estimate of drug-likeness (QED) is 0.906. The average Bonchev–Trinajstić information content (AvgIpc) is 2.41. The van der Waals surface area contributed by atoms with Gasteiger partial charge in [0.1, 0.15) is 0 Å². The third kappa shape index (κ3) is 3.07. The number of likely N-dealkylation sites (tertiary alicyclic amines) is 1. The maximum Gasteiger partial charge on any atom is 0.308 e. The molecule has 1 aliphatic heterocycles. The number of hydrogen-bond acceptors (Lipinski definition) is 2. The Labute approximate surface area is 117 Å². The Balaban J connectivity index is 2.14. The van der Waals surface area contributed by atoms with Crippen LogP contribution in [-0.4, -0.2) is 35.0 Å². The van der Waals surface area contributed by atoms with Gasteiger partial charge in [-0.2, -0.15) is 0 Å². The van der Waals surface area contributed by atoms with E-state index in [1.807, 2.05) is 6.92 Å². The van der Waals surface area contributed by atoms with Crippen LogP contribution < -0.4 is 0 Å². The summed E-state index contributed by atoms with van der Waals surface area (Å²) < 4.78 is 0. The lowest BCUT2D eigenvalue weighted by Crippen LogP contribution is -2.42. The Morgan fingerprint density at radius 3 is 2.79 bits per heavy atom. The molecular weight excluding hydrogens is 266 g/mol. The molecule has 0 unspecified atom stereocenters. The van der Waals surface area contributed by atoms with Crippen LogP contribution >= 0.6 is 11.6 Å². The van der Waals surface area contributed by atoms with E-state index < -0.39 is 11.9 Å². The van der Waals surface area contributed by atoms with Crippen LogP contribution in [0.4, 0.5) is 0 Å². The van der Waals surface area contributed by atoms with E-state index in [2.05, 4.69) is 0 Å². The summed E-state index contributed by atoms with van der Waals surface area (Å²) in [6.45, 7) is 2.76. The van der Waals surface area contributed by atoms with Crippen molar-refractivity contribution in [1.29, 1.82) is 0 Å². The summed E-state index contributed by atoms with van der Waals surface area (Å²) >= 11 is 6.01. The minimum absolute atomic E-state index is 0.146. The zero-order chi connectivity index (χ0) is 14.0. The van der Waals surface area contributed by atoms with E-state index >= 15 is 0 Å². The molecule has 0 saturated carbocycles. The number of amides is 1. The average molecular weight is 282 g/mol. The molecule has 0 radical (unpaired) electrons. The van der Waals surface area contributed by atoms with Gasteiger partial charge in [0.2, 0.25) is 0 Å². The number of aryl methyl sites for hydroxylation is 1. The van der Waals surface area contributed by atoms with Crippen LogP contribution in [0.2, 0.25) is 5.02 Å². The van der Waals surface area contributed by atoms with E-state index in [-0.39, 0.29) is 12.5 Å². The van der Waals surface area contributed by atoms with Crippen LogP contribution in [-0.2, 0) is 4.79 Å². The van der Waals surface area contributed by atoms with Crippen LogP contribution in [0.15, 0.2) is 18.2 Å². The first-order valence-electron chi connectivity index (χ1n) is 6.27. The number of piperidine rings is 1. The first-order chi connectivity index (χ1) is 8.99. The Morgan fingerprint density at radius 1 is 1.42 bits per heavy atom. The lowest BCUT2D eigenvalue weighted by atomic mass is 9.97. The van der Waals surface area contributed by atoms with Gasteiger partial charge in [-0.15, -0.1) is 0 Å². The number of halogens is 1. The van der Waals surface area contributed by atoms with Gasteiger partial charge in [0.15, 0.2) is 0 Å². The SMILES string of the molecule is Cc1ccc(C(=O)N2CCC[C@@H](C(=O)O)C2)cc1Cl. The van der Waals surface area contributed by atoms with Gasteiger partial charge in [-0.25, -0.2) is 0 Å². The van der Waals surface area contributed by atoms with Gasteiger partial charge in [0.25, 0.3) is 5.91 Å². The van der Waals surface area contributed by atoms with Crippen LogP contribution in [0.5, 0.6) is 0 Å². The summed E-state index contributed by atoms with van der Waals surface area (Å²) in [4.78, 5) is 24.9. The number of carbonyl (C=O) groups is 2. The van der Waals surface area contributed by atoms with Crippen molar-refractivity contribution >= 4 is 23.5 Å². The van der Waals surface area contributed by atoms with E-state index in [1.165, 1.54) is 0 Å². The highest BCUT2D eigenvalue weighted by atomic mass is 35.5. The molecule has 1 aromatic carbocycles. The molecule has 0 spiro atoms. The zero-order valence-corrected chi connectivity index (χ0v) is 11.5. The molecule has 1 aliphatic rings. The van der Waals surface area contributed by atoms with Crippen molar-refractivity contribution in [2.45, 2.75) is 19.8 Å². The van der Waals surface area contributed by atoms with Crippen molar-refractivity contribution in [3.8, 4) is 0 Å². The second-order valence-electron chi connectivity index (χ2n) is 4.89. The summed E-state index contributed by atoms with van der Waals surface area (Å²) in [6.07, 6.45) is 1.36. The standard InChI is InChI=1S/C14H16ClNO3/c1-9-4-5-10(7-12(9)15)13(17)16-6-2-3-11(8-16)14(18)19/h4-5,7,11H,2-3,6,8H2,1H3,(H,18,19)/t11-/m1/s1. The second-order valence-corrected chi connectivity index (χ2v) is 5.30. The van der Waals surface area contributed by atoms with Gasteiger partial charge in [0.05, 0.1) is 5.92 Å². The lowest BCUT2D eigenvalue weighted by molar-refractivity contribution is -0.143. The van der Waals surface area contributed by atoms with Crippen LogP contribution in [0.25, 0.3) is 0 Å². The molecule has 1 amide bonds. The third-order valence-corrected chi connectivity index (χ3v) is 3.88. The molecule has 1 N–H and O–H groups in total. The maximum atomic E-state index is 12.3. The van der Waals surface area contributed by atoms with Crippen molar-refractivity contribution < 1.29 is 14.7 Å². The van der Waals surface area contributed by atoms with Crippen LogP contribution in [0.1, 0.15) is 28.8 Å². The van der Waals surface area contributed by atoms with Crippen molar-refractivity contribution in [2.24, 2.45) is 5.92 Å². The van der Waals surface area contributed by atoms with Crippen molar-refractivity contribution in [3.63, 3.8) is 0 Å². The normalized spacial score (nSPS) is 19.3. The molecule has 102 valence electrons. The summed E-state index contributed by atoms with van der Waals surface area (Å²) in [5.74, 6) is -1.44. The molecule has 0 aromatic heterocycles. The van der Waals surface area contributed by atoms with E-state index in [4.69, 9.17) is 16.7 Å². The Kier molecular flexibility index (Phi) is 4.10. The van der Waals surface area contributed by atoms with Crippen molar-refractivity contribution in [2.75, 3.05) is 13.1 Å². The minimum Gasteiger partial charge on any atom is -0.481 e. The fourth-order valence-corrected chi connectivity index (χ4v) is 2.45. The minimum atomic E-state index is -0.834. The molecule has 19 heavy (non-hydrogen) atoms. The van der Waals surface area contributed by atoms with Crippen LogP contribution in [0.3, 0.4) is 0 Å². The molecule has 1 fully saturated rings.